The molecule has 4 rings (SSSR count). The van der Waals surface area contributed by atoms with Crippen molar-refractivity contribution in [3.8, 4) is 0 Å². The molecule has 0 radical (unpaired) electrons. The molecule has 0 unspecified atom stereocenters. The number of carbonyl (C=O) groups excluding carboxylic acids is 1. The predicted molar refractivity (Wildman–Crippen MR) is 90.5 cm³/mol. The Balaban J connectivity index is 1.43. The molecule has 4 aliphatic carbocycles. The zero-order chi connectivity index (χ0) is 15.6. The summed E-state index contributed by atoms with van der Waals surface area (Å²) in [4.78, 5) is 11.6. The van der Waals surface area contributed by atoms with Crippen LogP contribution >= 0.6 is 12.2 Å². The summed E-state index contributed by atoms with van der Waals surface area (Å²) in [5, 5.41) is 7.21. The van der Waals surface area contributed by atoms with E-state index in [0.717, 1.165) is 30.6 Å². The number of hydrogen-bond donors (Lipinski definition) is 2. The number of ether oxygens (including phenoxy) is 1. The van der Waals surface area contributed by atoms with Crippen LogP contribution in [0, 0.1) is 17.8 Å². The van der Waals surface area contributed by atoms with Gasteiger partial charge in [-0.2, -0.15) is 0 Å². The average Bonchev–Trinajstić information content (AvgIpc) is 2.43. The van der Waals surface area contributed by atoms with E-state index in [1.54, 1.807) is 0 Å². The van der Waals surface area contributed by atoms with E-state index in [4.69, 9.17) is 17.0 Å². The van der Waals surface area contributed by atoms with Crippen LogP contribution in [0.5, 0.6) is 0 Å². The summed E-state index contributed by atoms with van der Waals surface area (Å²) in [5.74, 6) is 2.45. The highest BCUT2D eigenvalue weighted by Crippen LogP contribution is 2.55. The van der Waals surface area contributed by atoms with Gasteiger partial charge in [0.15, 0.2) is 5.11 Å². The monoisotopic (exact) mass is 324 g/mol. The lowest BCUT2D eigenvalue weighted by molar-refractivity contribution is -0.142. The van der Waals surface area contributed by atoms with E-state index in [1.165, 1.54) is 38.5 Å². The van der Waals surface area contributed by atoms with E-state index in [9.17, 15) is 4.79 Å². The molecule has 4 saturated carbocycles. The summed E-state index contributed by atoms with van der Waals surface area (Å²) in [6.45, 7) is 2.75. The molecule has 0 aromatic carbocycles. The van der Waals surface area contributed by atoms with E-state index in [-0.39, 0.29) is 18.1 Å². The minimum absolute atomic E-state index is 0.169. The highest BCUT2D eigenvalue weighted by atomic mass is 32.1. The summed E-state index contributed by atoms with van der Waals surface area (Å²) in [7, 11) is 0. The molecule has 124 valence electrons. The molecular formula is C17H28N2O2S. The van der Waals surface area contributed by atoms with E-state index in [2.05, 4.69) is 17.6 Å². The largest absolute Gasteiger partial charge is 0.464 e. The van der Waals surface area contributed by atoms with Gasteiger partial charge < -0.3 is 15.4 Å². The van der Waals surface area contributed by atoms with Gasteiger partial charge in [-0.05, 0) is 74.9 Å². The smallest absolute Gasteiger partial charge is 0.325 e. The first kappa shape index (κ1) is 16.0. The average molecular weight is 324 g/mol. The summed E-state index contributed by atoms with van der Waals surface area (Å²) < 4.78 is 5.14. The van der Waals surface area contributed by atoms with Crippen molar-refractivity contribution in [1.82, 2.24) is 10.6 Å². The Labute approximate surface area is 138 Å². The standard InChI is InChI=1S/C17H28N2O2S/c1-2-3-4-21-15(20)11-18-16(22)19-17-8-12-5-13(9-17)7-14(6-12)10-17/h12-14H,2-11H2,1H3,(H2,18,19,22). The van der Waals surface area contributed by atoms with Gasteiger partial charge in [0, 0.05) is 5.54 Å². The Morgan fingerprint density at radius 3 is 2.32 bits per heavy atom. The van der Waals surface area contributed by atoms with Crippen molar-refractivity contribution in [1.29, 1.82) is 0 Å². The first-order valence-corrected chi connectivity index (χ1v) is 9.21. The van der Waals surface area contributed by atoms with Crippen LogP contribution in [-0.2, 0) is 9.53 Å². The number of rotatable bonds is 6. The van der Waals surface area contributed by atoms with Crippen LogP contribution < -0.4 is 10.6 Å². The summed E-state index contributed by atoms with van der Waals surface area (Å²) >= 11 is 5.41. The van der Waals surface area contributed by atoms with Gasteiger partial charge in [-0.15, -0.1) is 0 Å². The van der Waals surface area contributed by atoms with Crippen molar-refractivity contribution in [2.45, 2.75) is 63.8 Å². The second-order valence-electron chi connectivity index (χ2n) is 7.58. The molecule has 4 aliphatic rings. The van der Waals surface area contributed by atoms with Gasteiger partial charge in [-0.3, -0.25) is 4.79 Å². The maximum absolute atomic E-state index is 11.6. The molecule has 0 spiro atoms. The SMILES string of the molecule is CCCCOC(=O)CNC(=S)NC12CC3CC(CC(C3)C1)C2. The first-order chi connectivity index (χ1) is 10.6. The van der Waals surface area contributed by atoms with Crippen molar-refractivity contribution in [2.75, 3.05) is 13.2 Å². The number of nitrogens with one attached hydrogen (secondary N) is 2. The maximum Gasteiger partial charge on any atom is 0.325 e. The molecule has 0 aliphatic heterocycles. The first-order valence-electron chi connectivity index (χ1n) is 8.80. The van der Waals surface area contributed by atoms with Crippen molar-refractivity contribution in [3.05, 3.63) is 0 Å². The van der Waals surface area contributed by atoms with E-state index in [1.807, 2.05) is 0 Å². The van der Waals surface area contributed by atoms with Crippen molar-refractivity contribution in [2.24, 2.45) is 17.8 Å². The summed E-state index contributed by atoms with van der Waals surface area (Å²) in [6.07, 6.45) is 9.97. The van der Waals surface area contributed by atoms with Crippen LogP contribution in [0.2, 0.25) is 0 Å². The number of unbranched alkanes of at least 4 members (excludes halogenated alkanes) is 1. The van der Waals surface area contributed by atoms with Crippen LogP contribution in [0.1, 0.15) is 58.3 Å². The van der Waals surface area contributed by atoms with Crippen LogP contribution in [0.3, 0.4) is 0 Å². The third kappa shape index (κ3) is 3.73. The molecule has 5 heteroatoms. The molecule has 4 fully saturated rings. The molecular weight excluding hydrogens is 296 g/mol. The Morgan fingerprint density at radius 1 is 1.18 bits per heavy atom. The van der Waals surface area contributed by atoms with Gasteiger partial charge in [0.25, 0.3) is 0 Å². The molecule has 0 aromatic heterocycles. The fourth-order valence-electron chi connectivity index (χ4n) is 5.08. The van der Waals surface area contributed by atoms with Crippen LogP contribution in [0.15, 0.2) is 0 Å². The molecule has 22 heavy (non-hydrogen) atoms. The zero-order valence-electron chi connectivity index (χ0n) is 13.5. The fourth-order valence-corrected chi connectivity index (χ4v) is 5.37. The molecule has 0 saturated heterocycles. The van der Waals surface area contributed by atoms with Crippen molar-refractivity contribution >= 4 is 23.3 Å². The van der Waals surface area contributed by atoms with E-state index >= 15 is 0 Å². The molecule has 2 N–H and O–H groups in total. The lowest BCUT2D eigenvalue weighted by atomic mass is 9.53. The van der Waals surface area contributed by atoms with Crippen molar-refractivity contribution in [3.63, 3.8) is 0 Å². The number of thiocarbonyl (C=S) groups is 1. The lowest BCUT2D eigenvalue weighted by Crippen LogP contribution is -2.61. The van der Waals surface area contributed by atoms with Crippen LogP contribution in [0.25, 0.3) is 0 Å². The highest BCUT2D eigenvalue weighted by Gasteiger charge is 2.51. The number of esters is 1. The third-order valence-corrected chi connectivity index (χ3v) is 5.82. The Kier molecular flexibility index (Phi) is 4.91. The number of carbonyl (C=O) groups is 1. The lowest BCUT2D eigenvalue weighted by Gasteiger charge is -2.57. The van der Waals surface area contributed by atoms with Gasteiger partial charge in [0.1, 0.15) is 6.54 Å². The number of hydrogen-bond acceptors (Lipinski definition) is 3. The molecule has 4 bridgehead atoms. The van der Waals surface area contributed by atoms with Gasteiger partial charge in [-0.1, -0.05) is 13.3 Å². The van der Waals surface area contributed by atoms with Crippen LogP contribution in [-0.4, -0.2) is 29.8 Å². The molecule has 0 atom stereocenters. The minimum atomic E-state index is -0.219. The normalized spacial score (nSPS) is 35.2. The van der Waals surface area contributed by atoms with Gasteiger partial charge >= 0.3 is 5.97 Å². The molecule has 0 heterocycles. The van der Waals surface area contributed by atoms with E-state index in [0.29, 0.717) is 11.7 Å². The summed E-state index contributed by atoms with van der Waals surface area (Å²) in [5.41, 5.74) is 0.199. The fraction of sp³-hybridized carbons (Fsp3) is 0.882. The van der Waals surface area contributed by atoms with E-state index < -0.39 is 0 Å². The van der Waals surface area contributed by atoms with Crippen LogP contribution in [0.4, 0.5) is 0 Å². The predicted octanol–water partition coefficient (Wildman–Crippen LogP) is 2.76. The van der Waals surface area contributed by atoms with Gasteiger partial charge in [0.2, 0.25) is 0 Å². The Morgan fingerprint density at radius 2 is 1.77 bits per heavy atom. The molecule has 0 aromatic rings. The Bertz CT molecular complexity index is 403. The van der Waals surface area contributed by atoms with Gasteiger partial charge in [-0.25, -0.2) is 0 Å². The van der Waals surface area contributed by atoms with Crippen molar-refractivity contribution < 1.29 is 9.53 Å². The molecule has 0 amide bonds. The van der Waals surface area contributed by atoms with Gasteiger partial charge in [0.05, 0.1) is 6.61 Å². The highest BCUT2D eigenvalue weighted by molar-refractivity contribution is 7.80. The third-order valence-electron chi connectivity index (χ3n) is 5.57. The Hall–Kier alpha value is -0.840. The second-order valence-corrected chi connectivity index (χ2v) is 7.99. The topological polar surface area (TPSA) is 50.4 Å². The zero-order valence-corrected chi connectivity index (χ0v) is 14.3. The molecule has 4 nitrogen and oxygen atoms in total. The minimum Gasteiger partial charge on any atom is -0.464 e. The second kappa shape index (κ2) is 6.73. The summed E-state index contributed by atoms with van der Waals surface area (Å²) in [6, 6.07) is 0. The maximum atomic E-state index is 11.6. The quantitative estimate of drug-likeness (QED) is 0.447.